The molecule has 0 saturated carbocycles. The molecule has 1 aromatic carbocycles. The van der Waals surface area contributed by atoms with Gasteiger partial charge in [0.1, 0.15) is 6.61 Å². The van der Waals surface area contributed by atoms with Crippen molar-refractivity contribution in [2.45, 2.75) is 20.0 Å². The van der Waals surface area contributed by atoms with Crippen LogP contribution < -0.4 is 4.74 Å². The van der Waals surface area contributed by atoms with E-state index in [1.54, 1.807) is 11.3 Å². The number of nitrogens with zero attached hydrogens (tertiary/aromatic N) is 1. The van der Waals surface area contributed by atoms with Gasteiger partial charge in [-0.15, -0.1) is 11.3 Å². The smallest absolute Gasteiger partial charge is 0.311 e. The summed E-state index contributed by atoms with van der Waals surface area (Å²) in [5.74, 6) is 0.198. The van der Waals surface area contributed by atoms with Gasteiger partial charge in [0.2, 0.25) is 0 Å². The third-order valence-corrected chi connectivity index (χ3v) is 3.99. The summed E-state index contributed by atoms with van der Waals surface area (Å²) in [7, 11) is 0. The van der Waals surface area contributed by atoms with Crippen LogP contribution in [0.3, 0.4) is 0 Å². The van der Waals surface area contributed by atoms with Crippen LogP contribution in [0.4, 0.5) is 5.69 Å². The van der Waals surface area contributed by atoms with Crippen molar-refractivity contribution in [1.82, 2.24) is 0 Å². The number of nitro groups is 1. The Morgan fingerprint density at radius 3 is 2.68 bits per heavy atom. The normalized spacial score (nSPS) is 10.4. The lowest BCUT2D eigenvalue weighted by Crippen LogP contribution is -1.97. The largest absolute Gasteiger partial charge is 0.481 e. The van der Waals surface area contributed by atoms with E-state index in [1.165, 1.54) is 23.1 Å². The molecule has 0 aliphatic carbocycles. The second-order valence-electron chi connectivity index (χ2n) is 3.88. The SMILES string of the molecule is CCc1ccc(COc2cc(Cl)ccc2[N+](=O)[O-])s1. The van der Waals surface area contributed by atoms with Crippen LogP contribution in [0.1, 0.15) is 16.7 Å². The molecule has 0 radical (unpaired) electrons. The summed E-state index contributed by atoms with van der Waals surface area (Å²) in [4.78, 5) is 12.7. The van der Waals surface area contributed by atoms with E-state index in [0.717, 1.165) is 11.3 Å². The van der Waals surface area contributed by atoms with Crippen molar-refractivity contribution in [3.05, 3.63) is 55.2 Å². The van der Waals surface area contributed by atoms with Crippen molar-refractivity contribution in [2.75, 3.05) is 0 Å². The van der Waals surface area contributed by atoms with Crippen molar-refractivity contribution in [3.63, 3.8) is 0 Å². The fourth-order valence-electron chi connectivity index (χ4n) is 1.59. The van der Waals surface area contributed by atoms with Gasteiger partial charge in [0.15, 0.2) is 5.75 Å². The predicted molar refractivity (Wildman–Crippen MR) is 76.1 cm³/mol. The summed E-state index contributed by atoms with van der Waals surface area (Å²) < 4.78 is 5.51. The molecule has 0 aliphatic rings. The topological polar surface area (TPSA) is 52.4 Å². The number of ether oxygens (including phenoxy) is 1. The standard InChI is InChI=1S/C13H12ClNO3S/c1-2-10-4-5-11(19-10)8-18-13-7-9(14)3-6-12(13)15(16)17/h3-7H,2,8H2,1H3. The highest BCUT2D eigenvalue weighted by molar-refractivity contribution is 7.11. The van der Waals surface area contributed by atoms with Gasteiger partial charge in [-0.25, -0.2) is 0 Å². The number of nitro benzene ring substituents is 1. The van der Waals surface area contributed by atoms with Crippen LogP contribution in [0, 0.1) is 10.1 Å². The first-order valence-corrected chi connectivity index (χ1v) is 6.94. The average Bonchev–Trinajstić information content (AvgIpc) is 2.84. The molecule has 0 aliphatic heterocycles. The van der Waals surface area contributed by atoms with Gasteiger partial charge < -0.3 is 4.74 Å². The Morgan fingerprint density at radius 2 is 2.05 bits per heavy atom. The molecule has 0 amide bonds. The van der Waals surface area contributed by atoms with E-state index >= 15 is 0 Å². The van der Waals surface area contributed by atoms with Crippen molar-refractivity contribution >= 4 is 28.6 Å². The molecule has 19 heavy (non-hydrogen) atoms. The first kappa shape index (κ1) is 13.8. The minimum Gasteiger partial charge on any atom is -0.481 e. The van der Waals surface area contributed by atoms with Gasteiger partial charge >= 0.3 is 5.69 Å². The zero-order valence-corrected chi connectivity index (χ0v) is 11.8. The van der Waals surface area contributed by atoms with Gasteiger partial charge in [0.05, 0.1) is 4.92 Å². The molecule has 4 nitrogen and oxygen atoms in total. The molecular weight excluding hydrogens is 286 g/mol. The maximum Gasteiger partial charge on any atom is 0.311 e. The molecule has 0 atom stereocenters. The van der Waals surface area contributed by atoms with Gasteiger partial charge in [-0.3, -0.25) is 10.1 Å². The van der Waals surface area contributed by atoms with E-state index in [9.17, 15) is 10.1 Å². The number of rotatable bonds is 5. The van der Waals surface area contributed by atoms with Crippen LogP contribution in [0.15, 0.2) is 30.3 Å². The molecular formula is C13H12ClNO3S. The van der Waals surface area contributed by atoms with Gasteiger partial charge in [0.25, 0.3) is 0 Å². The van der Waals surface area contributed by atoms with E-state index in [2.05, 4.69) is 6.92 Å². The molecule has 2 rings (SSSR count). The van der Waals surface area contributed by atoms with E-state index < -0.39 is 4.92 Å². The zero-order valence-electron chi connectivity index (χ0n) is 10.3. The minimum atomic E-state index is -0.475. The van der Waals surface area contributed by atoms with E-state index in [1.807, 2.05) is 12.1 Å². The second kappa shape index (κ2) is 6.04. The summed E-state index contributed by atoms with van der Waals surface area (Å²) in [6.07, 6.45) is 0.974. The van der Waals surface area contributed by atoms with Crippen LogP contribution in [0.2, 0.25) is 5.02 Å². The highest BCUT2D eigenvalue weighted by atomic mass is 35.5. The number of halogens is 1. The van der Waals surface area contributed by atoms with Crippen LogP contribution in [0.25, 0.3) is 0 Å². The number of hydrogen-bond acceptors (Lipinski definition) is 4. The van der Waals surface area contributed by atoms with Crippen molar-refractivity contribution in [3.8, 4) is 5.75 Å². The fraction of sp³-hybridized carbons (Fsp3) is 0.231. The molecule has 0 spiro atoms. The average molecular weight is 298 g/mol. The third kappa shape index (κ3) is 3.45. The molecule has 1 heterocycles. The van der Waals surface area contributed by atoms with E-state index in [4.69, 9.17) is 16.3 Å². The van der Waals surface area contributed by atoms with Crippen LogP contribution in [-0.4, -0.2) is 4.92 Å². The Balaban J connectivity index is 2.14. The molecule has 1 aromatic heterocycles. The molecule has 100 valence electrons. The van der Waals surface area contributed by atoms with E-state index in [0.29, 0.717) is 11.6 Å². The van der Waals surface area contributed by atoms with Gasteiger partial charge in [0, 0.05) is 26.9 Å². The summed E-state index contributed by atoms with van der Waals surface area (Å²) in [5.41, 5.74) is -0.0725. The Labute approximate surface area is 119 Å². The molecule has 6 heteroatoms. The Hall–Kier alpha value is -1.59. The molecule has 2 aromatic rings. The summed E-state index contributed by atoms with van der Waals surface area (Å²) in [6.45, 7) is 2.39. The monoisotopic (exact) mass is 297 g/mol. The molecule has 0 N–H and O–H groups in total. The van der Waals surface area contributed by atoms with Crippen LogP contribution >= 0.6 is 22.9 Å². The van der Waals surface area contributed by atoms with Gasteiger partial charge in [-0.1, -0.05) is 18.5 Å². The number of aryl methyl sites for hydroxylation is 1. The summed E-state index contributed by atoms with van der Waals surface area (Å²) >= 11 is 7.47. The predicted octanol–water partition coefficient (Wildman–Crippen LogP) is 4.45. The number of benzene rings is 1. The molecule has 0 fully saturated rings. The van der Waals surface area contributed by atoms with Crippen molar-refractivity contribution in [2.24, 2.45) is 0 Å². The molecule has 0 bridgehead atoms. The third-order valence-electron chi connectivity index (χ3n) is 2.55. The lowest BCUT2D eigenvalue weighted by atomic mass is 10.3. The Kier molecular flexibility index (Phi) is 4.39. The first-order valence-electron chi connectivity index (χ1n) is 5.74. The Bertz CT molecular complexity index is 597. The maximum atomic E-state index is 10.9. The summed E-state index contributed by atoms with van der Waals surface area (Å²) in [5, 5.41) is 11.3. The van der Waals surface area contributed by atoms with E-state index in [-0.39, 0.29) is 11.4 Å². The van der Waals surface area contributed by atoms with Gasteiger partial charge in [-0.2, -0.15) is 0 Å². The van der Waals surface area contributed by atoms with Crippen LogP contribution in [0.5, 0.6) is 5.75 Å². The minimum absolute atomic E-state index is 0.0725. The highest BCUT2D eigenvalue weighted by Crippen LogP contribution is 2.31. The van der Waals surface area contributed by atoms with Crippen molar-refractivity contribution in [1.29, 1.82) is 0 Å². The second-order valence-corrected chi connectivity index (χ2v) is 5.57. The molecule has 0 unspecified atom stereocenters. The first-order chi connectivity index (χ1) is 9.10. The number of thiophene rings is 1. The van der Waals surface area contributed by atoms with Gasteiger partial charge in [-0.05, 0) is 24.6 Å². The maximum absolute atomic E-state index is 10.9. The zero-order chi connectivity index (χ0) is 13.8. The van der Waals surface area contributed by atoms with Crippen molar-refractivity contribution < 1.29 is 9.66 Å². The quantitative estimate of drug-likeness (QED) is 0.605. The Morgan fingerprint density at radius 1 is 1.32 bits per heavy atom. The summed E-state index contributed by atoms with van der Waals surface area (Å²) in [6, 6.07) is 8.31. The van der Waals surface area contributed by atoms with Crippen LogP contribution in [-0.2, 0) is 13.0 Å². The number of hydrogen-bond donors (Lipinski definition) is 0. The fourth-order valence-corrected chi connectivity index (χ4v) is 2.63. The highest BCUT2D eigenvalue weighted by Gasteiger charge is 2.15. The lowest BCUT2D eigenvalue weighted by Gasteiger charge is -2.05. The molecule has 0 saturated heterocycles. The lowest BCUT2D eigenvalue weighted by molar-refractivity contribution is -0.385.